The minimum Gasteiger partial charge on any atom is -0.459 e. The van der Waals surface area contributed by atoms with E-state index in [1.54, 1.807) is 81.5 Å². The number of nitrogens with zero attached hydrogens (tertiary/aromatic N) is 9. The summed E-state index contributed by atoms with van der Waals surface area (Å²) in [5, 5.41) is 43.8. The number of benzene rings is 1. The number of nitrogens with two attached hydrogens (primary N) is 3. The van der Waals surface area contributed by atoms with Crippen molar-refractivity contribution >= 4 is 75.2 Å². The Morgan fingerprint density at radius 3 is 2.08 bits per heavy atom. The number of aryl methyl sites for hydroxylation is 2. The predicted molar refractivity (Wildman–Crippen MR) is 480 cm³/mol. The second-order valence-electron chi connectivity index (χ2n) is 34.0. The van der Waals surface area contributed by atoms with Gasteiger partial charge in [-0.15, -0.1) is 5.10 Å². The lowest BCUT2D eigenvalue weighted by atomic mass is 9.80. The molecule has 1 aromatic carbocycles. The first-order valence-corrected chi connectivity index (χ1v) is 45.9. The molecule has 4 aliphatic rings. The van der Waals surface area contributed by atoms with Crippen LogP contribution in [0.2, 0.25) is 0 Å². The van der Waals surface area contributed by atoms with E-state index in [1.165, 1.54) is 20.5 Å². The third-order valence-corrected chi connectivity index (χ3v) is 24.1. The number of hydrogen-bond acceptors (Lipinski definition) is 33. The Morgan fingerprint density at radius 1 is 0.723 bits per heavy atom. The normalized spacial score (nSPS) is 25.5. The maximum absolute atomic E-state index is 14.8. The summed E-state index contributed by atoms with van der Waals surface area (Å²) in [4.78, 5) is 112. The number of esters is 1. The van der Waals surface area contributed by atoms with E-state index >= 15 is 0 Å². The van der Waals surface area contributed by atoms with Gasteiger partial charge in [-0.25, -0.2) is 28.9 Å². The number of anilines is 2. The van der Waals surface area contributed by atoms with Gasteiger partial charge >= 0.3 is 12.1 Å². The van der Waals surface area contributed by atoms with Gasteiger partial charge in [-0.1, -0.05) is 74.9 Å². The van der Waals surface area contributed by atoms with Crippen LogP contribution in [-0.4, -0.2) is 303 Å². The summed E-state index contributed by atoms with van der Waals surface area (Å²) in [7, 11) is 4.23. The lowest BCUT2D eigenvalue weighted by Crippen LogP contribution is -2.61. The maximum Gasteiger partial charge on any atom is 0.407 e. The van der Waals surface area contributed by atoms with E-state index in [2.05, 4.69) is 35.9 Å². The zero-order valence-electron chi connectivity index (χ0n) is 77.1. The minimum atomic E-state index is -2.58. The number of allylic oxidation sites excluding steroid dienone is 6. The Labute approximate surface area is 761 Å². The van der Waals surface area contributed by atoms with Crippen molar-refractivity contribution in [3.05, 3.63) is 84.0 Å². The van der Waals surface area contributed by atoms with E-state index in [-0.39, 0.29) is 86.4 Å². The number of carbonyl (C=O) groups excluding carboxylic acids is 7. The standard InChI is InChI=1S/C92H140N14O24/c1-60-19-11-10-12-20-61(2)71(100-91(114)118-9)56-69-26-23-65(6)92(115,130-69)85(111)88(112)105-31-16-13-22-73(105)89(113)128-77(57-74(107)62(3)52-64(5)83(110)84(117-8)82(109)63(4)51-60)70(93)53-66-24-27-76(78(54-66)116-7)127-34-18-14-21-68-58-104(103-101-68)33-36-120-38-40-122-42-44-124-46-48-126-50-49-125-47-45-123-43-41-121-39-37-119-35-29-79(108)96-30-15-17-32-106-87-80(86(94)97-59-98-87)81(102-106)67-25-28-75-72(55-67)99-90(95)129-75/h10-12,19-20,25,28,52,55,58-60,62-63,65-66,69-71,73,76-78,83-84,110,115H,13-18,21-24,26-27,29-51,53-54,56-57,93H2,1-9H3,(H2,95,99)(H,96,108)(H,100,114)(H2,94,97,98)/b12-10?,19-11+,61-20?,64-52+/t60-,62-,63-,65-,66+,69+,70-,71?,73+,76-,77+,78-,83-,84+,92-/m1/s1. The number of ketones is 3. The van der Waals surface area contributed by atoms with E-state index in [4.69, 9.17) is 93.0 Å². The highest BCUT2D eigenvalue weighted by atomic mass is 16.6. The van der Waals surface area contributed by atoms with Gasteiger partial charge in [0.05, 0.1) is 155 Å². The van der Waals surface area contributed by atoms with Gasteiger partial charge in [-0.05, 0) is 152 Å². The quantitative estimate of drug-likeness (QED) is 0.00860. The van der Waals surface area contributed by atoms with Crippen molar-refractivity contribution in [3.63, 3.8) is 0 Å². The molecular weight excluding hydrogens is 1690 g/mol. The van der Waals surface area contributed by atoms with Crippen LogP contribution in [0.5, 0.6) is 0 Å². The number of nitrogen functional groups attached to an aromatic ring is 2. The zero-order valence-corrected chi connectivity index (χ0v) is 77.1. The van der Waals surface area contributed by atoms with Crippen LogP contribution in [0.15, 0.2) is 82.7 Å². The van der Waals surface area contributed by atoms with Gasteiger partial charge in [0.2, 0.25) is 11.7 Å². The van der Waals surface area contributed by atoms with Crippen molar-refractivity contribution in [2.24, 2.45) is 35.3 Å². The smallest absolute Gasteiger partial charge is 0.407 e. The number of amides is 3. The molecule has 0 radical (unpaired) electrons. The fourth-order valence-corrected chi connectivity index (χ4v) is 16.5. The number of Topliss-reactive ketones (excluding diaryl/α,β-unsaturated/α-hetero) is 3. The largest absolute Gasteiger partial charge is 0.459 e. The molecule has 0 spiro atoms. The van der Waals surface area contributed by atoms with Gasteiger partial charge in [-0.2, -0.15) is 10.1 Å². The molecule has 130 heavy (non-hydrogen) atoms. The second kappa shape index (κ2) is 55.5. The number of aliphatic hydroxyl groups excluding tert-OH is 1. The average Bonchev–Trinajstić information content (AvgIpc) is 1.38. The number of piperidine rings is 1. The molecule has 3 amide bonds. The fourth-order valence-electron chi connectivity index (χ4n) is 16.5. The third kappa shape index (κ3) is 33.0. The summed E-state index contributed by atoms with van der Waals surface area (Å²) in [6.07, 6.45) is 16.4. The van der Waals surface area contributed by atoms with Crippen LogP contribution in [0, 0.1) is 29.6 Å². The van der Waals surface area contributed by atoms with E-state index < -0.39 is 89.8 Å². The Bertz CT molecular complexity index is 4460. The monoisotopic (exact) mass is 1830 g/mol. The number of rotatable bonds is 45. The highest BCUT2D eigenvalue weighted by Gasteiger charge is 2.53. The van der Waals surface area contributed by atoms with Crippen molar-refractivity contribution in [2.75, 3.05) is 158 Å². The van der Waals surface area contributed by atoms with Crippen LogP contribution in [0.3, 0.4) is 0 Å². The number of nitrogens with one attached hydrogen (secondary N) is 2. The number of oxazole rings is 1. The highest BCUT2D eigenvalue weighted by Crippen LogP contribution is 2.39. The molecule has 38 nitrogen and oxygen atoms in total. The molecule has 2 saturated heterocycles. The van der Waals surface area contributed by atoms with Crippen molar-refractivity contribution in [1.29, 1.82) is 0 Å². The van der Waals surface area contributed by atoms with E-state index in [9.17, 15) is 43.8 Å². The summed E-state index contributed by atoms with van der Waals surface area (Å²) in [6, 6.07) is 2.72. The fraction of sp³-hybridized carbons (Fsp3) is 0.685. The number of methoxy groups -OCH3 is 3. The molecule has 1 unspecified atom stereocenters. The topological polar surface area (TPSA) is 495 Å². The summed E-state index contributed by atoms with van der Waals surface area (Å²) in [5.74, 6) is -8.57. The highest BCUT2D eigenvalue weighted by molar-refractivity contribution is 6.39. The molecule has 3 fully saturated rings. The number of aliphatic hydroxyl groups is 2. The van der Waals surface area contributed by atoms with Crippen LogP contribution in [0.4, 0.5) is 16.6 Å². The number of fused-ring (bicyclic) bond motifs is 5. The molecule has 38 heteroatoms. The molecule has 1 saturated carbocycles. The molecule has 15 atom stereocenters. The Hall–Kier alpha value is -8.97. The maximum atomic E-state index is 14.8. The number of ether oxygens (including phenoxy) is 14. The molecule has 7 heterocycles. The third-order valence-electron chi connectivity index (χ3n) is 24.1. The first-order valence-electron chi connectivity index (χ1n) is 45.9. The average molecular weight is 1830 g/mol. The number of hydrogen-bond donors (Lipinski definition) is 7. The summed E-state index contributed by atoms with van der Waals surface area (Å²) < 4.78 is 89.6. The number of aromatic nitrogens is 8. The Kier molecular flexibility index (Phi) is 44.7. The molecular formula is C92H140N14O24. The van der Waals surface area contributed by atoms with Gasteiger partial charge in [0.25, 0.3) is 17.7 Å². The predicted octanol–water partition coefficient (Wildman–Crippen LogP) is 7.45. The first kappa shape index (κ1) is 105. The van der Waals surface area contributed by atoms with Gasteiger partial charge in [0, 0.05) is 88.9 Å². The van der Waals surface area contributed by atoms with Gasteiger partial charge in [0.1, 0.15) is 53.5 Å². The Balaban J connectivity index is 0.595. The van der Waals surface area contributed by atoms with Crippen molar-refractivity contribution in [1.82, 2.24) is 55.3 Å². The van der Waals surface area contributed by atoms with E-state index in [0.717, 1.165) is 41.8 Å². The van der Waals surface area contributed by atoms with Crippen LogP contribution in [-0.2, 0) is 115 Å². The summed E-state index contributed by atoms with van der Waals surface area (Å²) in [5.41, 5.74) is 24.2. The molecule has 5 aromatic rings. The molecule has 3 aliphatic heterocycles. The molecule has 9 rings (SSSR count). The molecule has 10 N–H and O–H groups in total. The SMILES string of the molecule is COC(=O)NC1C[C@@H]2CC[C@@H](C)[C@@](O)(O2)C(=O)C(=O)N2CCCC[C@H]2C(=O)O[C@H]([C@H](N)C[C@@H]2CC[C@@H](OCCCCc3cn(CCOCCOCCOCCOCCOCCOCCOCCOCCC(=O)NCCCCn4nc(-c5ccc6oc(N)nc6c5)c5c(N)ncnc54)nn3)[C@H](OC)C2)CC(=O)[C@H](C)/C=C(\C)[C@@H](O)[C@@H](OC)C(=O)[C@H](C)C[C@H](C)/C=C/C=CC=C1C. The Morgan fingerprint density at radius 2 is 1.41 bits per heavy atom. The van der Waals surface area contributed by atoms with Crippen molar-refractivity contribution in [2.45, 2.75) is 231 Å². The minimum absolute atomic E-state index is 0.00610. The second-order valence-corrected chi connectivity index (χ2v) is 34.0. The van der Waals surface area contributed by atoms with Gasteiger partial charge < -0.3 is 114 Å². The van der Waals surface area contributed by atoms with Crippen molar-refractivity contribution in [3.8, 4) is 11.3 Å². The van der Waals surface area contributed by atoms with Crippen LogP contribution in [0.1, 0.15) is 156 Å². The lowest BCUT2D eigenvalue weighted by molar-refractivity contribution is -0.264. The van der Waals surface area contributed by atoms with Gasteiger partial charge in [0.15, 0.2) is 17.0 Å². The lowest BCUT2D eigenvalue weighted by Gasteiger charge is -2.43. The number of cyclic esters (lactones) is 1. The molecule has 2 bridgehead atoms. The van der Waals surface area contributed by atoms with Crippen molar-refractivity contribution < 1.29 is 115 Å². The van der Waals surface area contributed by atoms with E-state index in [0.29, 0.717) is 234 Å². The van der Waals surface area contributed by atoms with Crippen LogP contribution in [0.25, 0.3) is 33.4 Å². The number of unbranched alkanes of at least 4 members (excludes halogenated alkanes) is 2. The first-order chi connectivity index (χ1) is 62.8. The van der Waals surface area contributed by atoms with Gasteiger partial charge in [-0.3, -0.25) is 24.0 Å². The van der Waals surface area contributed by atoms with Crippen LogP contribution >= 0.6 is 0 Å². The zero-order chi connectivity index (χ0) is 93.3. The van der Waals surface area contributed by atoms with E-state index in [1.807, 2.05) is 37.4 Å². The number of alkyl carbamates (subject to hydrolysis) is 1. The van der Waals surface area contributed by atoms with Crippen LogP contribution < -0.4 is 27.8 Å². The number of carbonyl (C=O) groups is 7. The molecule has 722 valence electrons. The summed E-state index contributed by atoms with van der Waals surface area (Å²) >= 11 is 0. The summed E-state index contributed by atoms with van der Waals surface area (Å²) in [6.45, 7) is 19.0. The molecule has 1 aliphatic carbocycles. The molecule has 4 aromatic heterocycles.